The summed E-state index contributed by atoms with van der Waals surface area (Å²) in [6.45, 7) is 8.15. The Bertz CT molecular complexity index is 397. The minimum absolute atomic E-state index is 0.316. The van der Waals surface area contributed by atoms with Crippen LogP contribution in [0.5, 0.6) is 0 Å². The highest BCUT2D eigenvalue weighted by molar-refractivity contribution is 5.60. The van der Waals surface area contributed by atoms with Gasteiger partial charge in [0, 0.05) is 31.4 Å². The molecular weight excluding hydrogens is 196 g/mol. The van der Waals surface area contributed by atoms with Crippen LogP contribution in [-0.2, 0) is 5.41 Å². The zero-order valence-corrected chi connectivity index (χ0v) is 10.2. The standard InChI is InChI=1S/C14H20N2/c1-14(2)9-11-10-15-7-8-16(11)13-6-4-3-5-12(13)14/h3-6,11,15H,7-10H2,1-2H3. The lowest BCUT2D eigenvalue weighted by molar-refractivity contribution is 0.346. The predicted octanol–water partition coefficient (Wildman–Crippen LogP) is 2.15. The molecule has 2 heteroatoms. The molecule has 3 rings (SSSR count). The molecule has 0 aliphatic carbocycles. The smallest absolute Gasteiger partial charge is 0.0423 e. The lowest BCUT2D eigenvalue weighted by Gasteiger charge is -2.48. The molecular formula is C14H20N2. The fraction of sp³-hybridized carbons (Fsp3) is 0.571. The number of piperazine rings is 1. The minimum Gasteiger partial charge on any atom is -0.366 e. The molecule has 0 spiro atoms. The summed E-state index contributed by atoms with van der Waals surface area (Å²) < 4.78 is 0. The summed E-state index contributed by atoms with van der Waals surface area (Å²) in [6, 6.07) is 9.60. The summed E-state index contributed by atoms with van der Waals surface area (Å²) >= 11 is 0. The Morgan fingerprint density at radius 2 is 2.12 bits per heavy atom. The Morgan fingerprint density at radius 3 is 3.00 bits per heavy atom. The van der Waals surface area contributed by atoms with E-state index in [0.717, 1.165) is 19.6 Å². The van der Waals surface area contributed by atoms with Gasteiger partial charge in [-0.2, -0.15) is 0 Å². The molecule has 1 atom stereocenters. The van der Waals surface area contributed by atoms with E-state index in [2.05, 4.69) is 48.3 Å². The summed E-state index contributed by atoms with van der Waals surface area (Å²) in [5.74, 6) is 0. The van der Waals surface area contributed by atoms with E-state index in [1.165, 1.54) is 17.7 Å². The topological polar surface area (TPSA) is 15.3 Å². The third-order valence-corrected chi connectivity index (χ3v) is 4.04. The summed E-state index contributed by atoms with van der Waals surface area (Å²) in [4.78, 5) is 2.59. The van der Waals surface area contributed by atoms with Crippen LogP contribution in [-0.4, -0.2) is 25.7 Å². The maximum atomic E-state index is 3.51. The lowest BCUT2D eigenvalue weighted by Crippen LogP contribution is -2.56. The predicted molar refractivity (Wildman–Crippen MR) is 68.1 cm³/mol. The van der Waals surface area contributed by atoms with Crippen LogP contribution >= 0.6 is 0 Å². The van der Waals surface area contributed by atoms with Crippen LogP contribution in [0.1, 0.15) is 25.8 Å². The third-order valence-electron chi connectivity index (χ3n) is 4.04. The SMILES string of the molecule is CC1(C)CC2CNCCN2c2ccccc21. The summed E-state index contributed by atoms with van der Waals surface area (Å²) in [5.41, 5.74) is 3.30. The average molecular weight is 216 g/mol. The van der Waals surface area contributed by atoms with E-state index in [-0.39, 0.29) is 0 Å². The second kappa shape index (κ2) is 3.49. The molecule has 2 aliphatic rings. The number of para-hydroxylation sites is 1. The number of anilines is 1. The molecule has 1 aromatic carbocycles. The van der Waals surface area contributed by atoms with Crippen LogP contribution in [0.4, 0.5) is 5.69 Å². The van der Waals surface area contributed by atoms with Crippen LogP contribution in [0.2, 0.25) is 0 Å². The van der Waals surface area contributed by atoms with E-state index in [1.807, 2.05) is 0 Å². The van der Waals surface area contributed by atoms with Crippen molar-refractivity contribution in [1.82, 2.24) is 5.32 Å². The molecule has 2 nitrogen and oxygen atoms in total. The molecule has 0 saturated carbocycles. The number of benzene rings is 1. The summed E-state index contributed by atoms with van der Waals surface area (Å²) in [6.07, 6.45) is 1.26. The molecule has 1 aromatic rings. The van der Waals surface area contributed by atoms with Crippen LogP contribution < -0.4 is 10.2 Å². The van der Waals surface area contributed by atoms with Crippen LogP contribution in [0.3, 0.4) is 0 Å². The molecule has 86 valence electrons. The molecule has 1 N–H and O–H groups in total. The van der Waals surface area contributed by atoms with E-state index in [1.54, 1.807) is 0 Å². The largest absolute Gasteiger partial charge is 0.366 e. The first-order valence-electron chi connectivity index (χ1n) is 6.25. The molecule has 2 heterocycles. The molecule has 1 unspecified atom stereocenters. The normalized spacial score (nSPS) is 27.1. The molecule has 16 heavy (non-hydrogen) atoms. The van der Waals surface area contributed by atoms with E-state index in [9.17, 15) is 0 Å². The zero-order chi connectivity index (χ0) is 11.2. The van der Waals surface area contributed by atoms with E-state index < -0.39 is 0 Å². The van der Waals surface area contributed by atoms with Gasteiger partial charge in [-0.05, 0) is 23.5 Å². The number of hydrogen-bond acceptors (Lipinski definition) is 2. The summed E-state index contributed by atoms with van der Waals surface area (Å²) in [7, 11) is 0. The first-order chi connectivity index (χ1) is 7.68. The Hall–Kier alpha value is -1.02. The molecule has 0 amide bonds. The Balaban J connectivity index is 2.09. The van der Waals surface area contributed by atoms with Crippen molar-refractivity contribution >= 4 is 5.69 Å². The fourth-order valence-corrected chi connectivity index (χ4v) is 3.26. The van der Waals surface area contributed by atoms with Gasteiger partial charge >= 0.3 is 0 Å². The highest BCUT2D eigenvalue weighted by Crippen LogP contribution is 2.42. The van der Waals surface area contributed by atoms with E-state index in [0.29, 0.717) is 11.5 Å². The molecule has 1 fully saturated rings. The van der Waals surface area contributed by atoms with Gasteiger partial charge in [-0.25, -0.2) is 0 Å². The second-order valence-corrected chi connectivity index (χ2v) is 5.66. The number of nitrogens with one attached hydrogen (secondary N) is 1. The number of hydrogen-bond donors (Lipinski definition) is 1. The van der Waals surface area contributed by atoms with Crippen molar-refractivity contribution in [1.29, 1.82) is 0 Å². The van der Waals surface area contributed by atoms with Crippen molar-refractivity contribution in [2.45, 2.75) is 31.7 Å². The van der Waals surface area contributed by atoms with Gasteiger partial charge in [0.1, 0.15) is 0 Å². The van der Waals surface area contributed by atoms with Crippen molar-refractivity contribution in [2.75, 3.05) is 24.5 Å². The molecule has 0 bridgehead atoms. The third kappa shape index (κ3) is 1.44. The van der Waals surface area contributed by atoms with Crippen LogP contribution in [0.15, 0.2) is 24.3 Å². The highest BCUT2D eigenvalue weighted by Gasteiger charge is 2.37. The van der Waals surface area contributed by atoms with Gasteiger partial charge in [0.2, 0.25) is 0 Å². The minimum atomic E-state index is 0.316. The van der Waals surface area contributed by atoms with Gasteiger partial charge in [0.15, 0.2) is 0 Å². The molecule has 2 aliphatic heterocycles. The number of nitrogens with zero attached hydrogens (tertiary/aromatic N) is 1. The van der Waals surface area contributed by atoms with Gasteiger partial charge < -0.3 is 10.2 Å². The van der Waals surface area contributed by atoms with Gasteiger partial charge in [0.25, 0.3) is 0 Å². The van der Waals surface area contributed by atoms with Crippen LogP contribution in [0, 0.1) is 0 Å². The van der Waals surface area contributed by atoms with Crippen molar-refractivity contribution < 1.29 is 0 Å². The van der Waals surface area contributed by atoms with E-state index in [4.69, 9.17) is 0 Å². The Labute approximate surface area is 97.6 Å². The lowest BCUT2D eigenvalue weighted by atomic mass is 9.74. The second-order valence-electron chi connectivity index (χ2n) is 5.66. The Kier molecular flexibility index (Phi) is 2.21. The van der Waals surface area contributed by atoms with Crippen molar-refractivity contribution in [3.63, 3.8) is 0 Å². The van der Waals surface area contributed by atoms with Crippen molar-refractivity contribution in [3.8, 4) is 0 Å². The first-order valence-corrected chi connectivity index (χ1v) is 6.25. The monoisotopic (exact) mass is 216 g/mol. The van der Waals surface area contributed by atoms with Crippen LogP contribution in [0.25, 0.3) is 0 Å². The van der Waals surface area contributed by atoms with Crippen molar-refractivity contribution in [2.24, 2.45) is 0 Å². The average Bonchev–Trinajstić information content (AvgIpc) is 2.29. The number of fused-ring (bicyclic) bond motifs is 3. The van der Waals surface area contributed by atoms with Gasteiger partial charge in [-0.3, -0.25) is 0 Å². The quantitative estimate of drug-likeness (QED) is 0.715. The van der Waals surface area contributed by atoms with Crippen molar-refractivity contribution in [3.05, 3.63) is 29.8 Å². The molecule has 0 radical (unpaired) electrons. The Morgan fingerprint density at radius 1 is 1.31 bits per heavy atom. The molecule has 1 saturated heterocycles. The maximum absolute atomic E-state index is 3.51. The van der Waals surface area contributed by atoms with Gasteiger partial charge in [-0.15, -0.1) is 0 Å². The van der Waals surface area contributed by atoms with Gasteiger partial charge in [-0.1, -0.05) is 32.0 Å². The summed E-state index contributed by atoms with van der Waals surface area (Å²) in [5, 5.41) is 3.51. The fourth-order valence-electron chi connectivity index (χ4n) is 3.26. The van der Waals surface area contributed by atoms with E-state index >= 15 is 0 Å². The first kappa shape index (κ1) is 10.2. The van der Waals surface area contributed by atoms with Gasteiger partial charge in [0.05, 0.1) is 0 Å². The maximum Gasteiger partial charge on any atom is 0.0423 e. The highest BCUT2D eigenvalue weighted by atomic mass is 15.2. The molecule has 0 aromatic heterocycles. The number of rotatable bonds is 0. The zero-order valence-electron chi connectivity index (χ0n) is 10.2.